The first-order valence-electron chi connectivity index (χ1n) is 6.43. The molecule has 5 nitrogen and oxygen atoms in total. The average Bonchev–Trinajstić information content (AvgIpc) is 2.47. The number of sulfone groups is 1. The van der Waals surface area contributed by atoms with Gasteiger partial charge in [-0.1, -0.05) is 0 Å². The standard InChI is InChI=1S/C12H25NO4S/c1-12(2,17-3)11(14)5-7-13-6-4-9-18(15,16)10-8-13/h11,14H,4-10H2,1-3H3. The molecule has 0 aliphatic carbocycles. The van der Waals surface area contributed by atoms with Gasteiger partial charge in [-0.25, -0.2) is 8.42 Å². The Bertz CT molecular complexity index is 353. The zero-order valence-corrected chi connectivity index (χ0v) is 12.4. The van der Waals surface area contributed by atoms with Crippen LogP contribution in [0.2, 0.25) is 0 Å². The summed E-state index contributed by atoms with van der Waals surface area (Å²) in [4.78, 5) is 2.11. The Hall–Kier alpha value is -0.170. The molecule has 1 heterocycles. The third-order valence-corrected chi connectivity index (χ3v) is 5.41. The number of hydrogen-bond acceptors (Lipinski definition) is 5. The predicted octanol–water partition coefficient (Wildman–Crippen LogP) is 0.283. The van der Waals surface area contributed by atoms with E-state index >= 15 is 0 Å². The zero-order chi connectivity index (χ0) is 13.8. The number of hydrogen-bond donors (Lipinski definition) is 1. The molecule has 1 fully saturated rings. The molecule has 0 aromatic carbocycles. The molecule has 0 aromatic heterocycles. The van der Waals surface area contributed by atoms with Crippen molar-refractivity contribution in [1.82, 2.24) is 4.90 Å². The number of methoxy groups -OCH3 is 1. The minimum atomic E-state index is -2.85. The minimum Gasteiger partial charge on any atom is -0.390 e. The molecule has 0 saturated carbocycles. The normalized spacial score (nSPS) is 23.6. The average molecular weight is 279 g/mol. The van der Waals surface area contributed by atoms with E-state index in [2.05, 4.69) is 4.90 Å². The highest BCUT2D eigenvalue weighted by Gasteiger charge is 2.28. The van der Waals surface area contributed by atoms with Crippen molar-refractivity contribution in [3.8, 4) is 0 Å². The van der Waals surface area contributed by atoms with E-state index in [-0.39, 0.29) is 11.5 Å². The van der Waals surface area contributed by atoms with Crippen molar-refractivity contribution in [3.05, 3.63) is 0 Å². The Balaban J connectivity index is 2.40. The van der Waals surface area contributed by atoms with Crippen molar-refractivity contribution in [2.75, 3.05) is 38.2 Å². The second kappa shape index (κ2) is 6.32. The first-order chi connectivity index (χ1) is 8.27. The van der Waals surface area contributed by atoms with Crippen LogP contribution in [0.1, 0.15) is 26.7 Å². The van der Waals surface area contributed by atoms with Crippen LogP contribution >= 0.6 is 0 Å². The molecule has 6 heteroatoms. The largest absolute Gasteiger partial charge is 0.390 e. The van der Waals surface area contributed by atoms with Gasteiger partial charge >= 0.3 is 0 Å². The van der Waals surface area contributed by atoms with Gasteiger partial charge in [0.1, 0.15) is 0 Å². The Kier molecular flexibility index (Phi) is 5.58. The van der Waals surface area contributed by atoms with Crippen LogP contribution < -0.4 is 0 Å². The lowest BCUT2D eigenvalue weighted by Gasteiger charge is -2.30. The summed E-state index contributed by atoms with van der Waals surface area (Å²) in [5, 5.41) is 10.0. The first-order valence-corrected chi connectivity index (χ1v) is 8.25. The topological polar surface area (TPSA) is 66.8 Å². The van der Waals surface area contributed by atoms with Gasteiger partial charge in [-0.2, -0.15) is 0 Å². The van der Waals surface area contributed by atoms with Crippen LogP contribution in [0.3, 0.4) is 0 Å². The molecule has 1 N–H and O–H groups in total. The maximum atomic E-state index is 11.5. The van der Waals surface area contributed by atoms with E-state index in [9.17, 15) is 13.5 Å². The maximum absolute atomic E-state index is 11.5. The second-order valence-corrected chi connectivity index (χ2v) is 7.76. The molecule has 1 aliphatic rings. The molecule has 0 radical (unpaired) electrons. The Morgan fingerprint density at radius 2 is 2.00 bits per heavy atom. The van der Waals surface area contributed by atoms with E-state index in [1.807, 2.05) is 13.8 Å². The number of nitrogens with zero attached hydrogens (tertiary/aromatic N) is 1. The summed E-state index contributed by atoms with van der Waals surface area (Å²) >= 11 is 0. The molecule has 18 heavy (non-hydrogen) atoms. The SMILES string of the molecule is COC(C)(C)C(O)CCN1CCCS(=O)(=O)CC1. The highest BCUT2D eigenvalue weighted by atomic mass is 32.2. The molecule has 1 rings (SSSR count). The Labute approximate surface area is 110 Å². The van der Waals surface area contributed by atoms with Crippen LogP contribution in [0, 0.1) is 0 Å². The number of rotatable bonds is 5. The summed E-state index contributed by atoms with van der Waals surface area (Å²) in [5.41, 5.74) is -0.558. The molecule has 0 aromatic rings. The number of aliphatic hydroxyl groups excluding tert-OH is 1. The third-order valence-electron chi connectivity index (χ3n) is 3.70. The van der Waals surface area contributed by atoms with Gasteiger partial charge in [0.25, 0.3) is 0 Å². The van der Waals surface area contributed by atoms with Gasteiger partial charge in [0.15, 0.2) is 9.84 Å². The summed E-state index contributed by atoms with van der Waals surface area (Å²) in [5.74, 6) is 0.520. The van der Waals surface area contributed by atoms with E-state index in [0.717, 1.165) is 6.54 Å². The fraction of sp³-hybridized carbons (Fsp3) is 1.00. The van der Waals surface area contributed by atoms with Crippen molar-refractivity contribution in [2.45, 2.75) is 38.4 Å². The van der Waals surface area contributed by atoms with Gasteiger partial charge in [-0.05, 0) is 33.2 Å². The first kappa shape index (κ1) is 15.9. The molecule has 1 saturated heterocycles. The maximum Gasteiger partial charge on any atom is 0.151 e. The molecule has 1 aliphatic heterocycles. The molecular weight excluding hydrogens is 254 g/mol. The molecular formula is C12H25NO4S. The smallest absolute Gasteiger partial charge is 0.151 e. The molecule has 0 spiro atoms. The lowest BCUT2D eigenvalue weighted by molar-refractivity contribution is -0.0822. The van der Waals surface area contributed by atoms with E-state index in [1.54, 1.807) is 7.11 Å². The van der Waals surface area contributed by atoms with Gasteiger partial charge in [0.2, 0.25) is 0 Å². The predicted molar refractivity (Wildman–Crippen MR) is 71.4 cm³/mol. The highest BCUT2D eigenvalue weighted by molar-refractivity contribution is 7.91. The number of ether oxygens (including phenoxy) is 1. The molecule has 108 valence electrons. The van der Waals surface area contributed by atoms with E-state index in [0.29, 0.717) is 25.9 Å². The number of aliphatic hydroxyl groups is 1. The van der Waals surface area contributed by atoms with Crippen molar-refractivity contribution < 1.29 is 18.3 Å². The molecule has 0 bridgehead atoms. The summed E-state index contributed by atoms with van der Waals surface area (Å²) in [7, 11) is -1.27. The fourth-order valence-electron chi connectivity index (χ4n) is 2.00. The van der Waals surface area contributed by atoms with Gasteiger partial charge in [-0.3, -0.25) is 0 Å². The van der Waals surface area contributed by atoms with Crippen LogP contribution in [-0.2, 0) is 14.6 Å². The van der Waals surface area contributed by atoms with E-state index in [1.165, 1.54) is 0 Å². The molecule has 1 unspecified atom stereocenters. The van der Waals surface area contributed by atoms with Crippen LogP contribution in [0.25, 0.3) is 0 Å². The molecule has 1 atom stereocenters. The minimum absolute atomic E-state index is 0.233. The van der Waals surface area contributed by atoms with Crippen molar-refractivity contribution in [3.63, 3.8) is 0 Å². The van der Waals surface area contributed by atoms with E-state index in [4.69, 9.17) is 4.74 Å². The summed E-state index contributed by atoms with van der Waals surface area (Å²) in [6.45, 7) is 5.78. The third kappa shape index (κ3) is 4.84. The van der Waals surface area contributed by atoms with E-state index < -0.39 is 21.5 Å². The summed E-state index contributed by atoms with van der Waals surface area (Å²) in [6, 6.07) is 0. The lowest BCUT2D eigenvalue weighted by Crippen LogP contribution is -2.41. The van der Waals surface area contributed by atoms with Crippen LogP contribution in [0.5, 0.6) is 0 Å². The highest BCUT2D eigenvalue weighted by Crippen LogP contribution is 2.17. The summed E-state index contributed by atoms with van der Waals surface area (Å²) < 4.78 is 28.2. The van der Waals surface area contributed by atoms with Gasteiger partial charge in [-0.15, -0.1) is 0 Å². The van der Waals surface area contributed by atoms with Crippen molar-refractivity contribution >= 4 is 9.84 Å². The second-order valence-electron chi connectivity index (χ2n) is 5.46. The monoisotopic (exact) mass is 279 g/mol. The van der Waals surface area contributed by atoms with Crippen molar-refractivity contribution in [1.29, 1.82) is 0 Å². The van der Waals surface area contributed by atoms with Crippen LogP contribution in [-0.4, -0.2) is 68.4 Å². The Morgan fingerprint density at radius 3 is 2.61 bits per heavy atom. The van der Waals surface area contributed by atoms with Crippen molar-refractivity contribution in [2.24, 2.45) is 0 Å². The lowest BCUT2D eigenvalue weighted by atomic mass is 9.98. The summed E-state index contributed by atoms with van der Waals surface area (Å²) in [6.07, 6.45) is 0.745. The van der Waals surface area contributed by atoms with Gasteiger partial charge in [0.05, 0.1) is 23.2 Å². The zero-order valence-electron chi connectivity index (χ0n) is 11.6. The van der Waals surface area contributed by atoms with Gasteiger partial charge in [0, 0.05) is 20.2 Å². The Morgan fingerprint density at radius 1 is 1.33 bits per heavy atom. The molecule has 0 amide bonds. The van der Waals surface area contributed by atoms with Crippen LogP contribution in [0.4, 0.5) is 0 Å². The van der Waals surface area contributed by atoms with Crippen LogP contribution in [0.15, 0.2) is 0 Å². The quantitative estimate of drug-likeness (QED) is 0.783. The fourth-order valence-corrected chi connectivity index (χ4v) is 3.31. The van der Waals surface area contributed by atoms with Gasteiger partial charge < -0.3 is 14.7 Å².